The molecule has 9 heteroatoms. The zero-order chi connectivity index (χ0) is 15.3. The summed E-state index contributed by atoms with van der Waals surface area (Å²) in [4.78, 5) is 10.4. The van der Waals surface area contributed by atoms with Crippen LogP contribution in [-0.4, -0.2) is 45.8 Å². The molecule has 0 aromatic heterocycles. The maximum absolute atomic E-state index is 10.4. The minimum atomic E-state index is -0.978. The van der Waals surface area contributed by atoms with Crippen LogP contribution in [0.5, 0.6) is 0 Å². The Morgan fingerprint density at radius 1 is 1.55 bits per heavy atom. The molecule has 0 amide bonds. The molecule has 1 rings (SSSR count). The first-order valence-electron chi connectivity index (χ1n) is 5.62. The van der Waals surface area contributed by atoms with Crippen LogP contribution in [0.15, 0.2) is 22.7 Å². The van der Waals surface area contributed by atoms with Crippen LogP contribution in [0.25, 0.3) is 0 Å². The lowest BCUT2D eigenvalue weighted by Gasteiger charge is -2.15. The maximum atomic E-state index is 10.4. The average molecular weight is 348 g/mol. The average Bonchev–Trinajstić information content (AvgIpc) is 2.37. The van der Waals surface area contributed by atoms with Crippen molar-refractivity contribution in [2.24, 2.45) is 5.73 Å². The Labute approximate surface area is 123 Å². The number of carbonyl (C=O) groups is 1. The Morgan fingerprint density at radius 2 is 2.20 bits per heavy atom. The first kappa shape index (κ1) is 16.1. The van der Waals surface area contributed by atoms with Gasteiger partial charge < -0.3 is 10.3 Å². The van der Waals surface area contributed by atoms with Crippen molar-refractivity contribution in [3.63, 3.8) is 0 Å². The molecule has 0 aliphatic carbocycles. The lowest BCUT2D eigenvalue weighted by Crippen LogP contribution is -2.39. The van der Waals surface area contributed by atoms with Gasteiger partial charge >= 0.3 is 11.9 Å². The van der Waals surface area contributed by atoms with Crippen LogP contribution in [-0.2, 0) is 4.79 Å². The van der Waals surface area contributed by atoms with Crippen LogP contribution in [0.3, 0.4) is 0 Å². The molecule has 6 N–H and O–H groups in total. The molecule has 8 nitrogen and oxygen atoms in total. The van der Waals surface area contributed by atoms with E-state index in [-0.39, 0.29) is 24.6 Å². The largest absolute Gasteiger partial charge is 0.481 e. The van der Waals surface area contributed by atoms with Gasteiger partial charge in [-0.1, -0.05) is 20.7 Å². The van der Waals surface area contributed by atoms with Crippen molar-refractivity contribution in [1.29, 1.82) is 0 Å². The molecule has 0 bridgehead atoms. The SMILES string of the molecule is CN(O)c1cc(Br)ccc1/[N+](O)=C(\N)NCCC(=O)O. The van der Waals surface area contributed by atoms with Crippen molar-refractivity contribution >= 4 is 39.2 Å². The third-order valence-corrected chi connectivity index (χ3v) is 2.88. The molecule has 0 atom stereocenters. The van der Waals surface area contributed by atoms with Gasteiger partial charge in [0.15, 0.2) is 5.69 Å². The van der Waals surface area contributed by atoms with Crippen LogP contribution >= 0.6 is 15.9 Å². The van der Waals surface area contributed by atoms with Crippen LogP contribution in [0.4, 0.5) is 11.4 Å². The number of carboxylic acids is 1. The molecule has 0 unspecified atom stereocenters. The van der Waals surface area contributed by atoms with Crippen LogP contribution in [0, 0.1) is 0 Å². The third kappa shape index (κ3) is 4.28. The van der Waals surface area contributed by atoms with E-state index in [2.05, 4.69) is 21.2 Å². The second-order valence-electron chi connectivity index (χ2n) is 3.92. The molecule has 110 valence electrons. The topological polar surface area (TPSA) is 122 Å². The molecule has 0 heterocycles. The number of carboxylic acid groups (broad SMARTS) is 1. The van der Waals surface area contributed by atoms with Crippen molar-refractivity contribution in [3.8, 4) is 0 Å². The molecule has 0 aliphatic rings. The molecule has 0 saturated carbocycles. The summed E-state index contributed by atoms with van der Waals surface area (Å²) in [5, 5.41) is 31.4. The Hall–Kier alpha value is -2.00. The summed E-state index contributed by atoms with van der Waals surface area (Å²) in [6.45, 7) is 0.0685. The zero-order valence-corrected chi connectivity index (χ0v) is 12.3. The quantitative estimate of drug-likeness (QED) is 0.174. The number of aliphatic carboxylic acids is 1. The molecular formula is C11H16BrN4O4+. The Kier molecular flexibility index (Phi) is 5.59. The lowest BCUT2D eigenvalue weighted by molar-refractivity contribution is -0.714. The summed E-state index contributed by atoms with van der Waals surface area (Å²) in [6, 6.07) is 4.79. The van der Waals surface area contributed by atoms with Gasteiger partial charge in [-0.2, -0.15) is 0 Å². The first-order chi connectivity index (χ1) is 9.32. The molecule has 1 aromatic carbocycles. The van der Waals surface area contributed by atoms with E-state index in [1.807, 2.05) is 0 Å². The number of halogens is 1. The van der Waals surface area contributed by atoms with Gasteiger partial charge in [0.25, 0.3) is 0 Å². The van der Waals surface area contributed by atoms with Crippen LogP contribution in [0.2, 0.25) is 0 Å². The summed E-state index contributed by atoms with van der Waals surface area (Å²) in [5.74, 6) is -1.12. The van der Waals surface area contributed by atoms with Gasteiger partial charge in [0, 0.05) is 11.5 Å². The predicted octanol–water partition coefficient (Wildman–Crippen LogP) is 0.687. The van der Waals surface area contributed by atoms with E-state index in [0.29, 0.717) is 14.9 Å². The summed E-state index contributed by atoms with van der Waals surface area (Å²) < 4.78 is 1.35. The minimum absolute atomic E-state index is 0.0685. The fourth-order valence-corrected chi connectivity index (χ4v) is 1.79. The van der Waals surface area contributed by atoms with E-state index in [4.69, 9.17) is 10.8 Å². The lowest BCUT2D eigenvalue weighted by atomic mass is 10.2. The second-order valence-corrected chi connectivity index (χ2v) is 4.84. The number of benzene rings is 1. The highest BCUT2D eigenvalue weighted by molar-refractivity contribution is 9.10. The molecule has 0 saturated heterocycles. The number of nitrogens with one attached hydrogen (secondary N) is 1. The Morgan fingerprint density at radius 3 is 2.75 bits per heavy atom. The zero-order valence-electron chi connectivity index (χ0n) is 10.7. The predicted molar refractivity (Wildman–Crippen MR) is 75.5 cm³/mol. The number of guanidine groups is 1. The fraction of sp³-hybridized carbons (Fsp3) is 0.273. The van der Waals surface area contributed by atoms with Crippen LogP contribution in [0.1, 0.15) is 6.42 Å². The monoisotopic (exact) mass is 347 g/mol. The normalized spacial score (nSPS) is 11.8. The van der Waals surface area contributed by atoms with Crippen molar-refractivity contribution in [3.05, 3.63) is 22.7 Å². The number of rotatable bonds is 5. The van der Waals surface area contributed by atoms with Gasteiger partial charge in [-0.05, 0) is 18.2 Å². The number of hydroxylamine groups is 1. The number of hydrogen-bond donors (Lipinski definition) is 5. The summed E-state index contributed by atoms with van der Waals surface area (Å²) in [7, 11) is 1.40. The summed E-state index contributed by atoms with van der Waals surface area (Å²) in [5.41, 5.74) is 6.16. The molecule has 0 spiro atoms. The highest BCUT2D eigenvalue weighted by atomic mass is 79.9. The third-order valence-electron chi connectivity index (χ3n) is 2.39. The van der Waals surface area contributed by atoms with Gasteiger partial charge in [0.1, 0.15) is 5.69 Å². The Balaban J connectivity index is 3.00. The van der Waals surface area contributed by atoms with Gasteiger partial charge in [0.05, 0.1) is 13.0 Å². The molecule has 0 radical (unpaired) electrons. The summed E-state index contributed by atoms with van der Waals surface area (Å²) >= 11 is 3.25. The van der Waals surface area contributed by atoms with E-state index in [1.54, 1.807) is 12.1 Å². The second kappa shape index (κ2) is 6.96. The molecule has 0 fully saturated rings. The molecule has 1 aromatic rings. The van der Waals surface area contributed by atoms with Gasteiger partial charge in [0.2, 0.25) is 0 Å². The smallest absolute Gasteiger partial charge is 0.385 e. The molecular weight excluding hydrogens is 332 g/mol. The van der Waals surface area contributed by atoms with E-state index >= 15 is 0 Å². The van der Waals surface area contributed by atoms with Gasteiger partial charge in [-0.25, -0.2) is 0 Å². The fourth-order valence-electron chi connectivity index (χ4n) is 1.44. The standard InChI is InChI=1S/C11H15BrN4O4/c1-15(19)9-6-7(12)2-3-8(9)16(20)11(13)14-5-4-10(17)18/h2-3,6,19-20H,4-5H2,1H3,(H3,13,14,17,18)/p+1. The minimum Gasteiger partial charge on any atom is -0.481 e. The summed E-state index contributed by atoms with van der Waals surface area (Å²) in [6.07, 6.45) is -0.137. The highest BCUT2D eigenvalue weighted by Crippen LogP contribution is 2.29. The van der Waals surface area contributed by atoms with E-state index in [1.165, 1.54) is 13.1 Å². The molecule has 0 aliphatic heterocycles. The van der Waals surface area contributed by atoms with Crippen molar-refractivity contribution in [1.82, 2.24) is 5.32 Å². The van der Waals surface area contributed by atoms with Crippen molar-refractivity contribution < 1.29 is 25.1 Å². The number of nitrogens with zero attached hydrogens (tertiary/aromatic N) is 2. The van der Waals surface area contributed by atoms with Gasteiger partial charge in [-0.15, -0.1) is 0 Å². The van der Waals surface area contributed by atoms with Crippen molar-refractivity contribution in [2.75, 3.05) is 18.7 Å². The Bertz CT molecular complexity index is 533. The van der Waals surface area contributed by atoms with E-state index in [9.17, 15) is 15.2 Å². The van der Waals surface area contributed by atoms with E-state index < -0.39 is 5.97 Å². The highest BCUT2D eigenvalue weighted by Gasteiger charge is 2.16. The molecule has 20 heavy (non-hydrogen) atoms. The van der Waals surface area contributed by atoms with Crippen LogP contribution < -0.4 is 16.1 Å². The first-order valence-corrected chi connectivity index (χ1v) is 6.41. The number of nitrogens with two attached hydrogens (primary N) is 1. The van der Waals surface area contributed by atoms with E-state index in [0.717, 1.165) is 5.06 Å². The van der Waals surface area contributed by atoms with Crippen molar-refractivity contribution in [2.45, 2.75) is 6.42 Å². The van der Waals surface area contributed by atoms with Gasteiger partial charge in [-0.3, -0.25) is 26.1 Å². The number of anilines is 1. The maximum Gasteiger partial charge on any atom is 0.385 e. The number of hydrogen-bond acceptors (Lipinski definition) is 4.